The molecule has 0 radical (unpaired) electrons. The highest BCUT2D eigenvalue weighted by Crippen LogP contribution is 2.52. The van der Waals surface area contributed by atoms with E-state index in [2.05, 4.69) is 5.32 Å². The van der Waals surface area contributed by atoms with E-state index in [0.717, 1.165) is 9.78 Å². The molecule has 0 saturated carbocycles. The minimum Gasteiger partial charge on any atom is -0.465 e. The molecule has 8 heteroatoms. The second-order valence-electron chi connectivity index (χ2n) is 8.20. The Morgan fingerprint density at radius 2 is 1.94 bits per heavy atom. The molecule has 2 aromatic rings. The lowest BCUT2D eigenvalue weighted by Crippen LogP contribution is -2.56. The predicted molar refractivity (Wildman–Crippen MR) is 120 cm³/mol. The van der Waals surface area contributed by atoms with E-state index in [9.17, 15) is 19.2 Å². The van der Waals surface area contributed by atoms with Crippen molar-refractivity contribution in [3.63, 3.8) is 0 Å². The van der Waals surface area contributed by atoms with Crippen LogP contribution in [0.2, 0.25) is 0 Å². The lowest BCUT2D eigenvalue weighted by atomic mass is 9.77. The number of thiophene rings is 1. The molecule has 0 spiro atoms. The van der Waals surface area contributed by atoms with Gasteiger partial charge in [0.1, 0.15) is 5.54 Å². The van der Waals surface area contributed by atoms with Crippen molar-refractivity contribution in [2.24, 2.45) is 11.8 Å². The van der Waals surface area contributed by atoms with Crippen molar-refractivity contribution < 1.29 is 23.9 Å². The molecule has 2 aliphatic rings. The van der Waals surface area contributed by atoms with E-state index >= 15 is 0 Å². The summed E-state index contributed by atoms with van der Waals surface area (Å²) < 4.78 is 5.41. The number of ketones is 1. The molecule has 0 bridgehead atoms. The summed E-state index contributed by atoms with van der Waals surface area (Å²) in [5.74, 6) is -3.09. The summed E-state index contributed by atoms with van der Waals surface area (Å²) in [5.41, 5.74) is -0.524. The Morgan fingerprint density at radius 1 is 1.16 bits per heavy atom. The van der Waals surface area contributed by atoms with Crippen LogP contribution in [-0.4, -0.2) is 35.7 Å². The lowest BCUT2D eigenvalue weighted by Gasteiger charge is -2.32. The largest absolute Gasteiger partial charge is 0.465 e. The van der Waals surface area contributed by atoms with E-state index in [1.54, 1.807) is 31.2 Å². The van der Waals surface area contributed by atoms with Gasteiger partial charge in [0.25, 0.3) is 0 Å². The maximum absolute atomic E-state index is 13.8. The molecule has 1 aromatic heterocycles. The van der Waals surface area contributed by atoms with Crippen molar-refractivity contribution >= 4 is 40.6 Å². The number of hydrogen-bond donors (Lipinski definition) is 1. The standard InChI is InChI=1S/C24H26N2O5S/c1-4-11-24(23(30)31-5-2)19-18(20(25-24)17-10-7-12-32-17)21(28)26(22(19)29)16-9-6-8-15(13-16)14(3)27/h6-10,12-13,18-20,25H,4-5,11H2,1-3H3/t18-,19+,20+,24-/m0/s1. The Hall–Kier alpha value is -2.84. The number of anilines is 1. The first-order chi connectivity index (χ1) is 15.4. The summed E-state index contributed by atoms with van der Waals surface area (Å²) in [6, 6.07) is 9.81. The summed E-state index contributed by atoms with van der Waals surface area (Å²) in [6.45, 7) is 5.28. The fraction of sp³-hybridized carbons (Fsp3) is 0.417. The SMILES string of the molecule is CCC[C@]1(C(=O)OCC)N[C@H](c2cccs2)[C@H]2C(=O)N(c3cccc(C(C)=O)c3)C(=O)[C@@H]21. The van der Waals surface area contributed by atoms with Crippen LogP contribution in [0.3, 0.4) is 0 Å². The molecule has 32 heavy (non-hydrogen) atoms. The Kier molecular flexibility index (Phi) is 6.01. The van der Waals surface area contributed by atoms with Crippen LogP contribution in [-0.2, 0) is 19.1 Å². The van der Waals surface area contributed by atoms with E-state index in [-0.39, 0.29) is 18.3 Å². The van der Waals surface area contributed by atoms with E-state index in [1.165, 1.54) is 18.3 Å². The number of benzene rings is 1. The molecule has 0 unspecified atom stereocenters. The van der Waals surface area contributed by atoms with Gasteiger partial charge < -0.3 is 4.74 Å². The smallest absolute Gasteiger partial charge is 0.327 e. The van der Waals surface area contributed by atoms with Crippen LogP contribution in [0.4, 0.5) is 5.69 Å². The van der Waals surface area contributed by atoms with Crippen molar-refractivity contribution in [3.8, 4) is 0 Å². The molecule has 2 fully saturated rings. The van der Waals surface area contributed by atoms with Gasteiger partial charge in [-0.1, -0.05) is 31.5 Å². The van der Waals surface area contributed by atoms with Gasteiger partial charge in [-0.05, 0) is 43.8 Å². The van der Waals surface area contributed by atoms with Crippen molar-refractivity contribution in [1.82, 2.24) is 5.32 Å². The third-order valence-electron chi connectivity index (χ3n) is 6.30. The molecule has 4 atom stereocenters. The van der Waals surface area contributed by atoms with Gasteiger partial charge in [-0.15, -0.1) is 11.3 Å². The van der Waals surface area contributed by atoms with Crippen LogP contribution in [0.1, 0.15) is 54.9 Å². The molecule has 0 aliphatic carbocycles. The van der Waals surface area contributed by atoms with Gasteiger partial charge in [-0.25, -0.2) is 4.90 Å². The Morgan fingerprint density at radius 3 is 2.56 bits per heavy atom. The maximum Gasteiger partial charge on any atom is 0.327 e. The molecular weight excluding hydrogens is 428 g/mol. The molecule has 4 rings (SSSR count). The zero-order chi connectivity index (χ0) is 23.0. The maximum atomic E-state index is 13.8. The van der Waals surface area contributed by atoms with E-state index < -0.39 is 35.3 Å². The Bertz CT molecular complexity index is 1070. The molecule has 1 N–H and O–H groups in total. The fourth-order valence-electron chi connectivity index (χ4n) is 5.01. The number of Topliss-reactive ketones (excluding diaryl/α,β-unsaturated/α-hetero) is 1. The van der Waals surface area contributed by atoms with Crippen LogP contribution in [0.25, 0.3) is 0 Å². The number of hydrogen-bond acceptors (Lipinski definition) is 7. The highest BCUT2D eigenvalue weighted by Gasteiger charge is 2.68. The third kappa shape index (κ3) is 3.38. The highest BCUT2D eigenvalue weighted by molar-refractivity contribution is 7.10. The number of ether oxygens (including phenoxy) is 1. The second-order valence-corrected chi connectivity index (χ2v) is 9.18. The van der Waals surface area contributed by atoms with Crippen LogP contribution in [0.15, 0.2) is 41.8 Å². The number of carbonyl (C=O) groups is 4. The van der Waals surface area contributed by atoms with Gasteiger partial charge in [0.15, 0.2) is 5.78 Å². The average Bonchev–Trinajstić information content (AvgIpc) is 3.46. The van der Waals surface area contributed by atoms with Crippen molar-refractivity contribution in [3.05, 3.63) is 52.2 Å². The van der Waals surface area contributed by atoms with Gasteiger partial charge in [0, 0.05) is 10.4 Å². The Balaban J connectivity index is 1.84. The summed E-state index contributed by atoms with van der Waals surface area (Å²) >= 11 is 1.48. The third-order valence-corrected chi connectivity index (χ3v) is 7.25. The molecule has 7 nitrogen and oxygen atoms in total. The normalized spacial score (nSPS) is 27.0. The van der Waals surface area contributed by atoms with E-state index in [0.29, 0.717) is 24.1 Å². The first kappa shape index (κ1) is 22.4. The zero-order valence-electron chi connectivity index (χ0n) is 18.3. The second kappa shape index (κ2) is 8.60. The monoisotopic (exact) mass is 454 g/mol. The summed E-state index contributed by atoms with van der Waals surface area (Å²) in [7, 11) is 0. The van der Waals surface area contributed by atoms with E-state index in [4.69, 9.17) is 4.74 Å². The molecule has 168 valence electrons. The van der Waals surface area contributed by atoms with Crippen LogP contribution in [0, 0.1) is 11.8 Å². The number of carbonyl (C=O) groups excluding carboxylic acids is 4. The number of fused-ring (bicyclic) bond motifs is 1. The van der Waals surface area contributed by atoms with Crippen LogP contribution >= 0.6 is 11.3 Å². The highest BCUT2D eigenvalue weighted by atomic mass is 32.1. The quantitative estimate of drug-likeness (QED) is 0.391. The van der Waals surface area contributed by atoms with Crippen LogP contribution < -0.4 is 10.2 Å². The van der Waals surface area contributed by atoms with E-state index in [1.807, 2.05) is 24.4 Å². The first-order valence-corrected chi connectivity index (χ1v) is 11.7. The number of amides is 2. The van der Waals surface area contributed by atoms with Gasteiger partial charge in [-0.3, -0.25) is 24.5 Å². The van der Waals surface area contributed by atoms with Gasteiger partial charge >= 0.3 is 5.97 Å². The predicted octanol–water partition coefficient (Wildman–Crippen LogP) is 3.50. The van der Waals surface area contributed by atoms with Gasteiger partial charge in [0.05, 0.1) is 30.2 Å². The molecule has 1 aromatic carbocycles. The fourth-order valence-corrected chi connectivity index (χ4v) is 5.83. The number of rotatable bonds is 7. The minimum atomic E-state index is -1.29. The molecule has 2 aliphatic heterocycles. The van der Waals surface area contributed by atoms with Crippen molar-refractivity contribution in [2.75, 3.05) is 11.5 Å². The van der Waals surface area contributed by atoms with Gasteiger partial charge in [-0.2, -0.15) is 0 Å². The number of nitrogens with zero attached hydrogens (tertiary/aromatic N) is 1. The first-order valence-electron chi connectivity index (χ1n) is 10.8. The Labute approximate surface area is 190 Å². The molecular formula is C24H26N2O5S. The number of imide groups is 1. The zero-order valence-corrected chi connectivity index (χ0v) is 19.1. The minimum absolute atomic E-state index is 0.156. The van der Waals surface area contributed by atoms with Crippen LogP contribution in [0.5, 0.6) is 0 Å². The van der Waals surface area contributed by atoms with Gasteiger partial charge in [0.2, 0.25) is 11.8 Å². The molecule has 3 heterocycles. The summed E-state index contributed by atoms with van der Waals surface area (Å²) in [6.07, 6.45) is 1.00. The number of esters is 1. The van der Waals surface area contributed by atoms with Crippen molar-refractivity contribution in [2.45, 2.75) is 45.2 Å². The number of nitrogens with one attached hydrogen (secondary N) is 1. The summed E-state index contributed by atoms with van der Waals surface area (Å²) in [4.78, 5) is 54.6. The van der Waals surface area contributed by atoms with Crippen molar-refractivity contribution in [1.29, 1.82) is 0 Å². The molecule has 2 amide bonds. The lowest BCUT2D eigenvalue weighted by molar-refractivity contribution is -0.155. The topological polar surface area (TPSA) is 92.8 Å². The summed E-state index contributed by atoms with van der Waals surface area (Å²) in [5, 5.41) is 5.28. The average molecular weight is 455 g/mol. The molecule has 2 saturated heterocycles.